The van der Waals surface area contributed by atoms with Gasteiger partial charge in [0.2, 0.25) is 5.91 Å². The van der Waals surface area contributed by atoms with Gasteiger partial charge >= 0.3 is 0 Å². The number of amides is 1. The molecule has 1 atom stereocenters. The molecule has 2 N–H and O–H groups in total. The number of nitrogens with zero attached hydrogens (tertiary/aromatic N) is 1. The van der Waals surface area contributed by atoms with Crippen LogP contribution in [0.5, 0.6) is 0 Å². The Labute approximate surface area is 91.8 Å². The summed E-state index contributed by atoms with van der Waals surface area (Å²) in [5.74, 6) is -1.67. The maximum absolute atomic E-state index is 13.0. The Hall–Kier alpha value is -1.49. The number of rotatable bonds is 1. The summed E-state index contributed by atoms with van der Waals surface area (Å²) in [5, 5.41) is 0. The van der Waals surface area contributed by atoms with E-state index in [1.165, 1.54) is 4.90 Å². The van der Waals surface area contributed by atoms with E-state index in [0.29, 0.717) is 13.0 Å². The lowest BCUT2D eigenvalue weighted by Gasteiger charge is -2.30. The Bertz CT molecular complexity index is 402. The standard InChI is InChI=1S/C11H12F2N2O/c12-7-4-8(13)6-9(5-7)15-3-1-2-10(14)11(15)16/h4-6,10H,1-3,14H2. The molecular formula is C11H12F2N2O. The van der Waals surface area contributed by atoms with Gasteiger partial charge in [-0.25, -0.2) is 8.78 Å². The van der Waals surface area contributed by atoms with Crippen LogP contribution < -0.4 is 10.6 Å². The summed E-state index contributed by atoms with van der Waals surface area (Å²) in [6.07, 6.45) is 1.36. The molecule has 1 aliphatic rings. The van der Waals surface area contributed by atoms with Crippen molar-refractivity contribution in [2.45, 2.75) is 18.9 Å². The van der Waals surface area contributed by atoms with Crippen LogP contribution >= 0.6 is 0 Å². The number of carbonyl (C=O) groups is 1. The van der Waals surface area contributed by atoms with Gasteiger partial charge in [0.1, 0.15) is 11.6 Å². The average Bonchev–Trinajstić information content (AvgIpc) is 2.20. The topological polar surface area (TPSA) is 46.3 Å². The molecule has 0 spiro atoms. The molecule has 1 saturated heterocycles. The molecule has 0 aromatic heterocycles. The zero-order valence-electron chi connectivity index (χ0n) is 8.62. The number of benzene rings is 1. The maximum atomic E-state index is 13.0. The number of hydrogen-bond donors (Lipinski definition) is 1. The van der Waals surface area contributed by atoms with E-state index in [1.807, 2.05) is 0 Å². The van der Waals surface area contributed by atoms with Crippen LogP contribution in [0.4, 0.5) is 14.5 Å². The number of carbonyl (C=O) groups excluding carboxylic acids is 1. The fraction of sp³-hybridized carbons (Fsp3) is 0.364. The van der Waals surface area contributed by atoms with Crippen LogP contribution in [0.1, 0.15) is 12.8 Å². The van der Waals surface area contributed by atoms with Crippen LogP contribution in [0, 0.1) is 11.6 Å². The third-order valence-electron chi connectivity index (χ3n) is 2.64. The minimum absolute atomic E-state index is 0.234. The van der Waals surface area contributed by atoms with Gasteiger partial charge in [-0.1, -0.05) is 0 Å². The molecule has 1 unspecified atom stereocenters. The molecule has 16 heavy (non-hydrogen) atoms. The number of hydrogen-bond acceptors (Lipinski definition) is 2. The number of nitrogens with two attached hydrogens (primary N) is 1. The van der Waals surface area contributed by atoms with E-state index in [2.05, 4.69) is 0 Å². The summed E-state index contributed by atoms with van der Waals surface area (Å²) in [4.78, 5) is 13.0. The van der Waals surface area contributed by atoms with E-state index in [4.69, 9.17) is 5.73 Å². The van der Waals surface area contributed by atoms with Gasteiger partial charge in [-0.05, 0) is 25.0 Å². The maximum Gasteiger partial charge on any atom is 0.243 e. The van der Waals surface area contributed by atoms with Crippen molar-refractivity contribution in [1.82, 2.24) is 0 Å². The lowest BCUT2D eigenvalue weighted by molar-refractivity contribution is -0.120. The van der Waals surface area contributed by atoms with Crippen LogP contribution in [0.15, 0.2) is 18.2 Å². The highest BCUT2D eigenvalue weighted by atomic mass is 19.1. The molecule has 1 fully saturated rings. The molecule has 1 amide bonds. The zero-order valence-corrected chi connectivity index (χ0v) is 8.62. The van der Waals surface area contributed by atoms with Crippen molar-refractivity contribution in [1.29, 1.82) is 0 Å². The third-order valence-corrected chi connectivity index (χ3v) is 2.64. The fourth-order valence-electron chi connectivity index (χ4n) is 1.85. The zero-order chi connectivity index (χ0) is 11.7. The second-order valence-corrected chi connectivity index (χ2v) is 3.87. The Kier molecular flexibility index (Phi) is 2.87. The van der Waals surface area contributed by atoms with Crippen LogP contribution in [-0.2, 0) is 4.79 Å². The predicted molar refractivity (Wildman–Crippen MR) is 55.9 cm³/mol. The van der Waals surface area contributed by atoms with E-state index in [0.717, 1.165) is 24.6 Å². The van der Waals surface area contributed by atoms with Crippen LogP contribution in [0.2, 0.25) is 0 Å². The van der Waals surface area contributed by atoms with Gasteiger partial charge in [0, 0.05) is 18.3 Å². The van der Waals surface area contributed by atoms with Gasteiger partial charge in [-0.3, -0.25) is 4.79 Å². The fourth-order valence-corrected chi connectivity index (χ4v) is 1.85. The molecule has 0 aliphatic carbocycles. The summed E-state index contributed by atoms with van der Waals surface area (Å²) in [7, 11) is 0. The lowest BCUT2D eigenvalue weighted by Crippen LogP contribution is -2.48. The molecule has 0 saturated carbocycles. The van der Waals surface area contributed by atoms with E-state index >= 15 is 0 Å². The number of piperidine rings is 1. The van der Waals surface area contributed by atoms with Crippen molar-refractivity contribution in [3.63, 3.8) is 0 Å². The third kappa shape index (κ3) is 2.04. The van der Waals surface area contributed by atoms with Crippen molar-refractivity contribution < 1.29 is 13.6 Å². The first-order valence-corrected chi connectivity index (χ1v) is 5.11. The smallest absolute Gasteiger partial charge is 0.243 e. The minimum atomic E-state index is -0.693. The van der Waals surface area contributed by atoms with Crippen molar-refractivity contribution in [2.24, 2.45) is 5.73 Å². The lowest BCUT2D eigenvalue weighted by atomic mass is 10.0. The van der Waals surface area contributed by atoms with Gasteiger partial charge in [0.05, 0.1) is 6.04 Å². The van der Waals surface area contributed by atoms with Crippen LogP contribution in [0.25, 0.3) is 0 Å². The number of anilines is 1. The summed E-state index contributed by atoms with van der Waals surface area (Å²) < 4.78 is 26.0. The molecule has 2 rings (SSSR count). The summed E-state index contributed by atoms with van der Waals surface area (Å²) in [6, 6.07) is 2.48. The van der Waals surface area contributed by atoms with E-state index in [9.17, 15) is 13.6 Å². The second kappa shape index (κ2) is 4.17. The quantitative estimate of drug-likeness (QED) is 0.787. The molecule has 1 aromatic rings. The monoisotopic (exact) mass is 226 g/mol. The highest BCUT2D eigenvalue weighted by Gasteiger charge is 2.27. The van der Waals surface area contributed by atoms with E-state index in [1.54, 1.807) is 0 Å². The van der Waals surface area contributed by atoms with Gasteiger partial charge in [-0.2, -0.15) is 0 Å². The van der Waals surface area contributed by atoms with Crippen molar-refractivity contribution in [3.8, 4) is 0 Å². The summed E-state index contributed by atoms with van der Waals surface area (Å²) in [5.41, 5.74) is 5.84. The molecule has 0 bridgehead atoms. The van der Waals surface area contributed by atoms with Crippen LogP contribution in [-0.4, -0.2) is 18.5 Å². The summed E-state index contributed by atoms with van der Waals surface area (Å²) in [6.45, 7) is 0.454. The molecule has 0 radical (unpaired) electrons. The Morgan fingerprint density at radius 2 is 1.88 bits per heavy atom. The average molecular weight is 226 g/mol. The van der Waals surface area contributed by atoms with E-state index < -0.39 is 17.7 Å². The predicted octanol–water partition coefficient (Wildman–Crippen LogP) is 1.42. The van der Waals surface area contributed by atoms with Gasteiger partial charge in [0.15, 0.2) is 0 Å². The van der Waals surface area contributed by atoms with Crippen LogP contribution in [0.3, 0.4) is 0 Å². The SMILES string of the molecule is NC1CCCN(c2cc(F)cc(F)c2)C1=O. The highest BCUT2D eigenvalue weighted by molar-refractivity contribution is 5.97. The highest BCUT2D eigenvalue weighted by Crippen LogP contribution is 2.22. The van der Waals surface area contributed by atoms with Gasteiger partial charge in [-0.15, -0.1) is 0 Å². The second-order valence-electron chi connectivity index (χ2n) is 3.87. The number of halogens is 2. The normalized spacial score (nSPS) is 21.3. The summed E-state index contributed by atoms with van der Waals surface area (Å²) >= 11 is 0. The minimum Gasteiger partial charge on any atom is -0.320 e. The Morgan fingerprint density at radius 1 is 1.25 bits per heavy atom. The first-order chi connectivity index (χ1) is 7.58. The molecule has 86 valence electrons. The molecule has 5 heteroatoms. The van der Waals surface area contributed by atoms with Gasteiger partial charge < -0.3 is 10.6 Å². The van der Waals surface area contributed by atoms with Crippen molar-refractivity contribution >= 4 is 11.6 Å². The molecule has 3 nitrogen and oxygen atoms in total. The van der Waals surface area contributed by atoms with Crippen molar-refractivity contribution in [3.05, 3.63) is 29.8 Å². The largest absolute Gasteiger partial charge is 0.320 e. The van der Waals surface area contributed by atoms with Crippen molar-refractivity contribution in [2.75, 3.05) is 11.4 Å². The molecule has 1 aliphatic heterocycles. The van der Waals surface area contributed by atoms with E-state index in [-0.39, 0.29) is 11.6 Å². The molecule has 1 aromatic carbocycles. The first-order valence-electron chi connectivity index (χ1n) is 5.11. The first kappa shape index (κ1) is 11.0. The molecule has 1 heterocycles. The Balaban J connectivity index is 2.32. The molecular weight excluding hydrogens is 214 g/mol. The van der Waals surface area contributed by atoms with Gasteiger partial charge in [0.25, 0.3) is 0 Å². The Morgan fingerprint density at radius 3 is 2.50 bits per heavy atom.